The van der Waals surface area contributed by atoms with Crippen molar-refractivity contribution in [2.45, 2.75) is 16.7 Å². The predicted octanol–water partition coefficient (Wildman–Crippen LogP) is 1.96. The highest BCUT2D eigenvalue weighted by Gasteiger charge is 2.27. The molecule has 3 rings (SSSR count). The number of anilines is 1. The maximum absolute atomic E-state index is 13.8. The van der Waals surface area contributed by atoms with Crippen LogP contribution in [0.5, 0.6) is 0 Å². The Hall–Kier alpha value is -2.01. The summed E-state index contributed by atoms with van der Waals surface area (Å²) in [6.07, 6.45) is 0. The maximum atomic E-state index is 13.8. The summed E-state index contributed by atoms with van der Waals surface area (Å²) in [7, 11) is -7.78. The summed E-state index contributed by atoms with van der Waals surface area (Å²) >= 11 is 0. The second kappa shape index (κ2) is 7.55. The molecule has 1 N–H and O–H groups in total. The number of hydrogen-bond acceptors (Lipinski definition) is 5. The van der Waals surface area contributed by atoms with E-state index in [1.165, 1.54) is 46.8 Å². The van der Waals surface area contributed by atoms with Gasteiger partial charge in [-0.2, -0.15) is 4.31 Å². The molecule has 10 heteroatoms. The van der Waals surface area contributed by atoms with Gasteiger partial charge in [0.2, 0.25) is 10.0 Å². The minimum absolute atomic E-state index is 0.00918. The number of nitrogens with one attached hydrogen (secondary N) is 1. The number of nitrogens with zero attached hydrogens (tertiary/aromatic N) is 1. The van der Waals surface area contributed by atoms with Crippen LogP contribution in [0, 0.1) is 12.7 Å². The minimum atomic E-state index is -4.06. The van der Waals surface area contributed by atoms with Gasteiger partial charge in [0.25, 0.3) is 10.0 Å². The van der Waals surface area contributed by atoms with E-state index < -0.39 is 25.9 Å². The summed E-state index contributed by atoms with van der Waals surface area (Å²) < 4.78 is 72.5. The van der Waals surface area contributed by atoms with Gasteiger partial charge in [0.15, 0.2) is 0 Å². The van der Waals surface area contributed by atoms with Crippen LogP contribution in [0.1, 0.15) is 5.56 Å². The highest BCUT2D eigenvalue weighted by Crippen LogP contribution is 2.23. The second-order valence-corrected chi connectivity index (χ2v) is 9.70. The number of ether oxygens (including phenoxy) is 1. The number of halogens is 1. The van der Waals surface area contributed by atoms with Crippen LogP contribution in [-0.2, 0) is 24.8 Å². The summed E-state index contributed by atoms with van der Waals surface area (Å²) in [5, 5.41) is 0. The second-order valence-electron chi connectivity index (χ2n) is 6.08. The standard InChI is InChI=1S/C17H19FN2O5S2/c1-13-2-7-16(18)17(12-13)19-26(21,22)14-3-5-15(6-4-14)27(23,24)20-8-10-25-11-9-20/h2-7,12,19H,8-11H2,1H3. The number of sulfonamides is 2. The lowest BCUT2D eigenvalue weighted by molar-refractivity contribution is 0.0730. The van der Waals surface area contributed by atoms with E-state index in [-0.39, 0.29) is 28.6 Å². The van der Waals surface area contributed by atoms with E-state index in [0.717, 1.165) is 0 Å². The van der Waals surface area contributed by atoms with Crippen molar-refractivity contribution < 1.29 is 26.0 Å². The van der Waals surface area contributed by atoms with Gasteiger partial charge in [-0.3, -0.25) is 4.72 Å². The molecule has 27 heavy (non-hydrogen) atoms. The first-order chi connectivity index (χ1) is 12.7. The molecule has 0 spiro atoms. The molecule has 0 radical (unpaired) electrons. The zero-order chi connectivity index (χ0) is 19.7. The third-order valence-corrected chi connectivity index (χ3v) is 7.40. The van der Waals surface area contributed by atoms with Gasteiger partial charge >= 0.3 is 0 Å². The number of benzene rings is 2. The molecule has 0 atom stereocenters. The van der Waals surface area contributed by atoms with E-state index in [0.29, 0.717) is 18.8 Å². The van der Waals surface area contributed by atoms with E-state index in [4.69, 9.17) is 4.74 Å². The van der Waals surface area contributed by atoms with Gasteiger partial charge in [-0.15, -0.1) is 0 Å². The number of hydrogen-bond donors (Lipinski definition) is 1. The van der Waals surface area contributed by atoms with Crippen molar-refractivity contribution in [1.82, 2.24) is 4.31 Å². The minimum Gasteiger partial charge on any atom is -0.379 e. The summed E-state index contributed by atoms with van der Waals surface area (Å²) in [6, 6.07) is 8.90. The van der Waals surface area contributed by atoms with E-state index >= 15 is 0 Å². The molecule has 1 aliphatic rings. The summed E-state index contributed by atoms with van der Waals surface area (Å²) in [4.78, 5) is -0.172. The van der Waals surface area contributed by atoms with Crippen molar-refractivity contribution in [3.05, 3.63) is 53.8 Å². The fraction of sp³-hybridized carbons (Fsp3) is 0.294. The molecule has 146 valence electrons. The quantitative estimate of drug-likeness (QED) is 0.807. The van der Waals surface area contributed by atoms with Crippen LogP contribution < -0.4 is 4.72 Å². The van der Waals surface area contributed by atoms with E-state index in [1.807, 2.05) is 0 Å². The molecule has 0 unspecified atom stereocenters. The number of aryl methyl sites for hydroxylation is 1. The lowest BCUT2D eigenvalue weighted by atomic mass is 10.2. The Morgan fingerprint density at radius 3 is 2.19 bits per heavy atom. The molecule has 0 aliphatic carbocycles. The molecule has 1 heterocycles. The molecule has 2 aromatic carbocycles. The molecule has 1 fully saturated rings. The predicted molar refractivity (Wildman–Crippen MR) is 98.0 cm³/mol. The highest BCUT2D eigenvalue weighted by molar-refractivity contribution is 7.92. The first-order valence-corrected chi connectivity index (χ1v) is 11.1. The van der Waals surface area contributed by atoms with Crippen molar-refractivity contribution in [3.8, 4) is 0 Å². The number of morpholine rings is 1. The molecule has 2 aromatic rings. The SMILES string of the molecule is Cc1ccc(F)c(NS(=O)(=O)c2ccc(S(=O)(=O)N3CCOCC3)cc2)c1. The van der Waals surface area contributed by atoms with Crippen molar-refractivity contribution >= 4 is 25.7 Å². The zero-order valence-corrected chi connectivity index (χ0v) is 16.2. The normalized spacial score (nSPS) is 16.2. The summed E-state index contributed by atoms with van der Waals surface area (Å²) in [6.45, 7) is 2.84. The highest BCUT2D eigenvalue weighted by atomic mass is 32.2. The van der Waals surface area contributed by atoms with Crippen LogP contribution in [0.2, 0.25) is 0 Å². The van der Waals surface area contributed by atoms with Crippen LogP contribution in [0.4, 0.5) is 10.1 Å². The monoisotopic (exact) mass is 414 g/mol. The van der Waals surface area contributed by atoms with Gasteiger partial charge < -0.3 is 4.74 Å². The van der Waals surface area contributed by atoms with Gasteiger partial charge in [-0.25, -0.2) is 21.2 Å². The third-order valence-electron chi connectivity index (χ3n) is 4.11. The lowest BCUT2D eigenvalue weighted by Crippen LogP contribution is -2.40. The molecule has 0 saturated carbocycles. The van der Waals surface area contributed by atoms with Gasteiger partial charge in [-0.05, 0) is 48.9 Å². The summed E-state index contributed by atoms with van der Waals surface area (Å²) in [5.74, 6) is -0.698. The fourth-order valence-corrected chi connectivity index (χ4v) is 5.11. The van der Waals surface area contributed by atoms with Crippen LogP contribution in [0.3, 0.4) is 0 Å². The molecule has 1 saturated heterocycles. The Kier molecular flexibility index (Phi) is 5.52. The molecule has 0 aromatic heterocycles. The molecular formula is C17H19FN2O5S2. The van der Waals surface area contributed by atoms with E-state index in [1.54, 1.807) is 6.92 Å². The smallest absolute Gasteiger partial charge is 0.261 e. The van der Waals surface area contributed by atoms with Crippen molar-refractivity contribution in [3.63, 3.8) is 0 Å². The van der Waals surface area contributed by atoms with E-state index in [9.17, 15) is 21.2 Å². The lowest BCUT2D eigenvalue weighted by Gasteiger charge is -2.26. The average Bonchev–Trinajstić information content (AvgIpc) is 2.65. The van der Waals surface area contributed by atoms with Crippen LogP contribution >= 0.6 is 0 Å². The zero-order valence-electron chi connectivity index (χ0n) is 14.6. The Morgan fingerprint density at radius 1 is 0.963 bits per heavy atom. The Bertz CT molecular complexity index is 1030. The fourth-order valence-electron chi connectivity index (χ4n) is 2.65. The molecule has 0 bridgehead atoms. The molecular weight excluding hydrogens is 395 g/mol. The molecule has 1 aliphatic heterocycles. The first kappa shape index (κ1) is 19.7. The van der Waals surface area contributed by atoms with Crippen LogP contribution in [0.15, 0.2) is 52.3 Å². The van der Waals surface area contributed by atoms with Gasteiger partial charge in [0.05, 0.1) is 28.7 Å². The molecule has 7 nitrogen and oxygen atoms in total. The van der Waals surface area contributed by atoms with Crippen molar-refractivity contribution in [2.24, 2.45) is 0 Å². The van der Waals surface area contributed by atoms with Gasteiger partial charge in [-0.1, -0.05) is 6.07 Å². The molecule has 0 amide bonds. The van der Waals surface area contributed by atoms with Crippen molar-refractivity contribution in [1.29, 1.82) is 0 Å². The largest absolute Gasteiger partial charge is 0.379 e. The van der Waals surface area contributed by atoms with Gasteiger partial charge in [0.1, 0.15) is 5.82 Å². The summed E-state index contributed by atoms with van der Waals surface area (Å²) in [5.41, 5.74) is 0.529. The Morgan fingerprint density at radius 2 is 1.56 bits per heavy atom. The topological polar surface area (TPSA) is 92.8 Å². The van der Waals surface area contributed by atoms with Crippen LogP contribution in [-0.4, -0.2) is 47.4 Å². The third kappa shape index (κ3) is 4.29. The maximum Gasteiger partial charge on any atom is 0.261 e. The Balaban J connectivity index is 1.84. The van der Waals surface area contributed by atoms with Crippen LogP contribution in [0.25, 0.3) is 0 Å². The average molecular weight is 414 g/mol. The van der Waals surface area contributed by atoms with E-state index in [2.05, 4.69) is 4.72 Å². The Labute approximate surface area is 157 Å². The van der Waals surface area contributed by atoms with Gasteiger partial charge in [0, 0.05) is 13.1 Å². The van der Waals surface area contributed by atoms with Crippen molar-refractivity contribution in [2.75, 3.05) is 31.0 Å². The number of rotatable bonds is 5. The first-order valence-electron chi connectivity index (χ1n) is 8.17.